The summed E-state index contributed by atoms with van der Waals surface area (Å²) in [7, 11) is 1.68. The number of methoxy groups -OCH3 is 1. The number of ether oxygens (including phenoxy) is 1. The van der Waals surface area contributed by atoms with Gasteiger partial charge in [-0.15, -0.1) is 0 Å². The van der Waals surface area contributed by atoms with Crippen LogP contribution in [0.15, 0.2) is 23.8 Å². The molecular weight excluding hydrogens is 224 g/mol. The molecule has 17 heavy (non-hydrogen) atoms. The molecule has 0 radical (unpaired) electrons. The summed E-state index contributed by atoms with van der Waals surface area (Å²) in [5.41, 5.74) is -0.949. The van der Waals surface area contributed by atoms with E-state index in [2.05, 4.69) is 4.74 Å². The summed E-state index contributed by atoms with van der Waals surface area (Å²) in [6, 6.07) is 0. The average Bonchev–Trinajstić information content (AvgIpc) is 2.29. The lowest BCUT2D eigenvalue weighted by Crippen LogP contribution is -2.28. The van der Waals surface area contributed by atoms with E-state index in [4.69, 9.17) is 10.2 Å². The van der Waals surface area contributed by atoms with Crippen LogP contribution in [0.25, 0.3) is 0 Å². The van der Waals surface area contributed by atoms with E-state index < -0.39 is 17.4 Å². The van der Waals surface area contributed by atoms with E-state index >= 15 is 0 Å². The molecule has 0 aromatic heterocycles. The molecule has 1 atom stereocenters. The first kappa shape index (κ1) is 15.4. The van der Waals surface area contributed by atoms with E-state index in [-0.39, 0.29) is 12.0 Å². The average molecular weight is 242 g/mol. The zero-order chi connectivity index (χ0) is 13.5. The molecule has 0 saturated carbocycles. The second-order valence-corrected chi connectivity index (χ2v) is 3.83. The maximum absolute atomic E-state index is 10.8. The first-order chi connectivity index (χ1) is 7.87. The van der Waals surface area contributed by atoms with Gasteiger partial charge in [-0.05, 0) is 20.3 Å². The first-order valence-corrected chi connectivity index (χ1v) is 5.21. The van der Waals surface area contributed by atoms with Crippen molar-refractivity contribution in [3.05, 3.63) is 23.8 Å². The van der Waals surface area contributed by atoms with Gasteiger partial charge in [-0.2, -0.15) is 0 Å². The molecular formula is C12H18O5. The Morgan fingerprint density at radius 2 is 2.00 bits per heavy atom. The lowest BCUT2D eigenvalue weighted by atomic mass is 9.80. The number of allylic oxidation sites excluding steroid dienone is 2. The Hall–Kier alpha value is -1.62. The van der Waals surface area contributed by atoms with E-state index in [9.17, 15) is 9.59 Å². The van der Waals surface area contributed by atoms with Gasteiger partial charge in [-0.3, -0.25) is 4.79 Å². The Bertz CT molecular complexity index is 341. The Balaban J connectivity index is 0.000000557. The van der Waals surface area contributed by atoms with Gasteiger partial charge < -0.3 is 14.9 Å². The molecule has 96 valence electrons. The Kier molecular flexibility index (Phi) is 6.20. The largest absolute Gasteiger partial charge is 0.481 e. The summed E-state index contributed by atoms with van der Waals surface area (Å²) in [4.78, 5) is 21.3. The number of aliphatic carboxylic acids is 2. The molecule has 0 aromatic carbocycles. The fraction of sp³-hybridized carbons (Fsp3) is 0.500. The first-order valence-electron chi connectivity index (χ1n) is 5.21. The normalized spacial score (nSPS) is 22.2. The number of hydrogen-bond acceptors (Lipinski definition) is 3. The van der Waals surface area contributed by atoms with Crippen LogP contribution >= 0.6 is 0 Å². The number of carboxylic acid groups (broad SMARTS) is 2. The van der Waals surface area contributed by atoms with Gasteiger partial charge in [0, 0.05) is 19.3 Å². The van der Waals surface area contributed by atoms with E-state index in [1.165, 1.54) is 25.2 Å². The van der Waals surface area contributed by atoms with Crippen molar-refractivity contribution in [2.24, 2.45) is 5.41 Å². The van der Waals surface area contributed by atoms with Crippen LogP contribution < -0.4 is 0 Å². The predicted octanol–water partition coefficient (Wildman–Crippen LogP) is 1.70. The molecule has 1 unspecified atom stereocenters. The standard InChI is InChI=1S/C9H10O4.C3H8O/c1-9(8(12)13)4-2-3-6(5-9)7(10)11;1-3-4-2/h2-4H,5H2,1H3,(H,10,11)(H,12,13);3H2,1-2H3. The van der Waals surface area contributed by atoms with Crippen molar-refractivity contribution in [3.63, 3.8) is 0 Å². The molecule has 0 fully saturated rings. The molecule has 0 spiro atoms. The molecule has 0 aromatic rings. The SMILES string of the molecule is CC1(C(=O)O)C=CC=C(C(=O)O)C1.CCOC. The second-order valence-electron chi connectivity index (χ2n) is 3.83. The van der Waals surface area contributed by atoms with Crippen molar-refractivity contribution >= 4 is 11.9 Å². The lowest BCUT2D eigenvalue weighted by molar-refractivity contribution is -0.145. The van der Waals surface area contributed by atoms with E-state index in [0.29, 0.717) is 0 Å². The summed E-state index contributed by atoms with van der Waals surface area (Å²) in [5, 5.41) is 17.5. The fourth-order valence-electron chi connectivity index (χ4n) is 1.18. The van der Waals surface area contributed by atoms with Gasteiger partial charge in [-0.1, -0.05) is 18.2 Å². The van der Waals surface area contributed by atoms with E-state index in [1.807, 2.05) is 6.92 Å². The minimum atomic E-state index is -1.08. The summed E-state index contributed by atoms with van der Waals surface area (Å²) in [6.45, 7) is 4.28. The van der Waals surface area contributed by atoms with Gasteiger partial charge in [0.15, 0.2) is 0 Å². The summed E-state index contributed by atoms with van der Waals surface area (Å²) < 4.78 is 4.54. The van der Waals surface area contributed by atoms with Gasteiger partial charge in [0.1, 0.15) is 0 Å². The lowest BCUT2D eigenvalue weighted by Gasteiger charge is -2.23. The van der Waals surface area contributed by atoms with Crippen molar-refractivity contribution in [3.8, 4) is 0 Å². The highest BCUT2D eigenvalue weighted by atomic mass is 16.5. The highest BCUT2D eigenvalue weighted by molar-refractivity contribution is 5.90. The van der Waals surface area contributed by atoms with Gasteiger partial charge in [0.05, 0.1) is 5.41 Å². The zero-order valence-electron chi connectivity index (χ0n) is 10.3. The topological polar surface area (TPSA) is 83.8 Å². The Morgan fingerprint density at radius 3 is 2.35 bits per heavy atom. The molecule has 1 aliphatic rings. The van der Waals surface area contributed by atoms with Crippen LogP contribution in [-0.2, 0) is 14.3 Å². The molecule has 0 bridgehead atoms. The van der Waals surface area contributed by atoms with Crippen LogP contribution in [0, 0.1) is 5.41 Å². The van der Waals surface area contributed by atoms with Crippen LogP contribution in [0.5, 0.6) is 0 Å². The predicted molar refractivity (Wildman–Crippen MR) is 62.8 cm³/mol. The monoisotopic (exact) mass is 242 g/mol. The number of hydrogen-bond donors (Lipinski definition) is 2. The number of carboxylic acids is 2. The fourth-order valence-corrected chi connectivity index (χ4v) is 1.18. The summed E-state index contributed by atoms with van der Waals surface area (Å²) in [5.74, 6) is -2.06. The minimum absolute atomic E-state index is 0.0359. The molecule has 0 aliphatic heterocycles. The number of carbonyl (C=O) groups is 2. The molecule has 5 heteroatoms. The molecule has 2 N–H and O–H groups in total. The van der Waals surface area contributed by atoms with Gasteiger partial charge in [-0.25, -0.2) is 4.79 Å². The van der Waals surface area contributed by atoms with Gasteiger partial charge in [0.25, 0.3) is 0 Å². The third-order valence-corrected chi connectivity index (χ3v) is 2.37. The van der Waals surface area contributed by atoms with Crippen LogP contribution in [0.1, 0.15) is 20.3 Å². The van der Waals surface area contributed by atoms with E-state index in [0.717, 1.165) is 6.61 Å². The van der Waals surface area contributed by atoms with Crippen LogP contribution in [0.2, 0.25) is 0 Å². The van der Waals surface area contributed by atoms with Crippen LogP contribution in [-0.4, -0.2) is 35.9 Å². The maximum Gasteiger partial charge on any atom is 0.331 e. The van der Waals surface area contributed by atoms with Crippen LogP contribution in [0.3, 0.4) is 0 Å². The van der Waals surface area contributed by atoms with Crippen molar-refractivity contribution in [2.75, 3.05) is 13.7 Å². The quantitative estimate of drug-likeness (QED) is 0.787. The molecule has 1 aliphatic carbocycles. The molecule has 1 rings (SSSR count). The summed E-state index contributed by atoms with van der Waals surface area (Å²) >= 11 is 0. The van der Waals surface area contributed by atoms with Crippen molar-refractivity contribution in [1.82, 2.24) is 0 Å². The smallest absolute Gasteiger partial charge is 0.331 e. The zero-order valence-corrected chi connectivity index (χ0v) is 10.3. The Morgan fingerprint density at radius 1 is 1.47 bits per heavy atom. The highest BCUT2D eigenvalue weighted by Gasteiger charge is 2.34. The maximum atomic E-state index is 10.8. The molecule has 0 heterocycles. The molecule has 0 amide bonds. The van der Waals surface area contributed by atoms with E-state index in [1.54, 1.807) is 7.11 Å². The van der Waals surface area contributed by atoms with Crippen molar-refractivity contribution in [1.29, 1.82) is 0 Å². The van der Waals surface area contributed by atoms with Crippen molar-refractivity contribution < 1.29 is 24.5 Å². The number of rotatable bonds is 3. The third kappa shape index (κ3) is 4.82. The van der Waals surface area contributed by atoms with Crippen molar-refractivity contribution in [2.45, 2.75) is 20.3 Å². The second kappa shape index (κ2) is 6.85. The molecule has 0 saturated heterocycles. The van der Waals surface area contributed by atoms with Gasteiger partial charge in [0.2, 0.25) is 0 Å². The third-order valence-electron chi connectivity index (χ3n) is 2.37. The summed E-state index contributed by atoms with van der Waals surface area (Å²) in [6.07, 6.45) is 4.43. The highest BCUT2D eigenvalue weighted by Crippen LogP contribution is 2.31. The van der Waals surface area contributed by atoms with Gasteiger partial charge >= 0.3 is 11.9 Å². The Labute approximate surface area is 100 Å². The molecule has 5 nitrogen and oxygen atoms in total. The minimum Gasteiger partial charge on any atom is -0.481 e. The van der Waals surface area contributed by atoms with Crippen LogP contribution in [0.4, 0.5) is 0 Å².